The van der Waals surface area contributed by atoms with Gasteiger partial charge >= 0.3 is 0 Å². The van der Waals surface area contributed by atoms with Crippen molar-refractivity contribution in [2.24, 2.45) is 5.92 Å². The van der Waals surface area contributed by atoms with Gasteiger partial charge in [0.1, 0.15) is 0 Å². The fourth-order valence-electron chi connectivity index (χ4n) is 1.88. The first-order chi connectivity index (χ1) is 8.06. The zero-order valence-electron chi connectivity index (χ0n) is 12.2. The molecule has 0 aromatic rings. The molecule has 0 N–H and O–H groups in total. The van der Waals surface area contributed by atoms with Crippen LogP contribution in [0.25, 0.3) is 0 Å². The van der Waals surface area contributed by atoms with Gasteiger partial charge in [0.05, 0.1) is 11.4 Å². The average molecular weight is 236 g/mol. The zero-order chi connectivity index (χ0) is 13.4. The predicted molar refractivity (Wildman–Crippen MR) is 77.8 cm³/mol. The fourth-order valence-corrected chi connectivity index (χ4v) is 1.88. The molecule has 1 aliphatic heterocycles. The number of rotatable bonds is 4. The van der Waals surface area contributed by atoms with E-state index in [0.717, 1.165) is 24.7 Å². The average Bonchev–Trinajstić information content (AvgIpc) is 2.74. The molecule has 1 unspecified atom stereocenters. The molecule has 0 aromatic carbocycles. The molecule has 1 atom stereocenters. The summed E-state index contributed by atoms with van der Waals surface area (Å²) in [6.45, 7) is 16.4. The van der Waals surface area contributed by atoms with E-state index in [2.05, 4.69) is 36.0 Å². The van der Waals surface area contributed by atoms with Crippen LogP contribution >= 0.6 is 0 Å². The molecule has 2 nitrogen and oxygen atoms in total. The van der Waals surface area contributed by atoms with Crippen LogP contribution in [-0.2, 0) is 0 Å². The van der Waals surface area contributed by atoms with E-state index in [9.17, 15) is 0 Å². The Morgan fingerprint density at radius 1 is 1.35 bits per heavy atom. The molecule has 98 valence electrons. The van der Waals surface area contributed by atoms with Gasteiger partial charge in [0.25, 0.3) is 0 Å². The first-order valence-corrected chi connectivity index (χ1v) is 6.50. The van der Waals surface area contributed by atoms with Crippen molar-refractivity contribution in [1.29, 1.82) is 0 Å². The van der Waals surface area contributed by atoms with E-state index in [1.54, 1.807) is 0 Å². The summed E-state index contributed by atoms with van der Waals surface area (Å²) in [4.78, 5) is 4.45. The Bertz CT molecular complexity index is 277. The van der Waals surface area contributed by atoms with E-state index in [4.69, 9.17) is 0 Å². The largest absolute Gasteiger partial charge is 0.376 e. The number of nitrogens with zero attached hydrogens (tertiary/aromatic N) is 2. The van der Waals surface area contributed by atoms with Crippen LogP contribution in [0.3, 0.4) is 0 Å². The second-order valence-corrected chi connectivity index (χ2v) is 4.47. The second-order valence-electron chi connectivity index (χ2n) is 4.47. The molecule has 0 saturated carbocycles. The minimum absolute atomic E-state index is 0.785. The van der Waals surface area contributed by atoms with E-state index in [0.29, 0.717) is 0 Å². The van der Waals surface area contributed by atoms with Gasteiger partial charge in [0, 0.05) is 27.2 Å². The molecule has 0 amide bonds. The topological polar surface area (TPSA) is 6.48 Å². The third-order valence-electron chi connectivity index (χ3n) is 2.88. The van der Waals surface area contributed by atoms with Gasteiger partial charge < -0.3 is 9.80 Å². The lowest BCUT2D eigenvalue weighted by atomic mass is 10.2. The molecule has 0 bridgehead atoms. The van der Waals surface area contributed by atoms with Crippen molar-refractivity contribution in [3.63, 3.8) is 0 Å². The molecule has 0 spiro atoms. The van der Waals surface area contributed by atoms with Crippen molar-refractivity contribution in [2.75, 3.05) is 27.2 Å². The third kappa shape index (κ3) is 4.68. The standard InChI is InChI=1S/C13H22N2.C2H6/c1-6-7-13(12(3)14(4)5)15-9-8-11(2)10-15;1-2/h6-7,11H,1,3,8-10H2,2,4-5H3;1-2H3/b13-7+;. The van der Waals surface area contributed by atoms with Gasteiger partial charge in [-0.1, -0.05) is 40.0 Å². The first-order valence-electron chi connectivity index (χ1n) is 6.50. The highest BCUT2D eigenvalue weighted by molar-refractivity contribution is 5.29. The van der Waals surface area contributed by atoms with Crippen molar-refractivity contribution < 1.29 is 0 Å². The second kappa shape index (κ2) is 7.99. The summed E-state index contributed by atoms with van der Waals surface area (Å²) < 4.78 is 0. The van der Waals surface area contributed by atoms with Gasteiger partial charge in [0.15, 0.2) is 0 Å². The van der Waals surface area contributed by atoms with Gasteiger partial charge in [0.2, 0.25) is 0 Å². The maximum Gasteiger partial charge on any atom is 0.0597 e. The zero-order valence-corrected chi connectivity index (χ0v) is 12.2. The van der Waals surface area contributed by atoms with E-state index < -0.39 is 0 Å². The van der Waals surface area contributed by atoms with Crippen LogP contribution in [-0.4, -0.2) is 37.0 Å². The van der Waals surface area contributed by atoms with Crippen molar-refractivity contribution in [2.45, 2.75) is 27.2 Å². The van der Waals surface area contributed by atoms with Gasteiger partial charge in [-0.2, -0.15) is 0 Å². The van der Waals surface area contributed by atoms with Crippen LogP contribution in [0.15, 0.2) is 36.7 Å². The smallest absolute Gasteiger partial charge is 0.0597 e. The van der Waals surface area contributed by atoms with Gasteiger partial charge in [-0.3, -0.25) is 0 Å². The molecule has 0 aromatic heterocycles. The van der Waals surface area contributed by atoms with Crippen LogP contribution < -0.4 is 0 Å². The molecular formula is C15H28N2. The Kier molecular flexibility index (Phi) is 7.44. The van der Waals surface area contributed by atoms with E-state index in [1.165, 1.54) is 12.1 Å². The summed E-state index contributed by atoms with van der Waals surface area (Å²) >= 11 is 0. The Balaban J connectivity index is 0.00000121. The number of allylic oxidation sites excluding steroid dienone is 2. The lowest BCUT2D eigenvalue weighted by molar-refractivity contribution is 0.384. The third-order valence-corrected chi connectivity index (χ3v) is 2.88. The molecule has 2 heteroatoms. The first kappa shape index (κ1) is 15.8. The normalized spacial score (nSPS) is 19.5. The van der Waals surface area contributed by atoms with E-state index in [-0.39, 0.29) is 0 Å². The summed E-state index contributed by atoms with van der Waals surface area (Å²) in [5.74, 6) is 0.785. The maximum absolute atomic E-state index is 4.11. The fraction of sp³-hybridized carbons (Fsp3) is 0.600. The van der Waals surface area contributed by atoms with Crippen LogP contribution in [0.1, 0.15) is 27.2 Å². The highest BCUT2D eigenvalue weighted by atomic mass is 15.2. The Hall–Kier alpha value is -1.18. The Morgan fingerprint density at radius 2 is 1.94 bits per heavy atom. The van der Waals surface area contributed by atoms with E-state index in [1.807, 2.05) is 34.0 Å². The molecule has 17 heavy (non-hydrogen) atoms. The molecule has 0 radical (unpaired) electrons. The van der Waals surface area contributed by atoms with Gasteiger partial charge in [-0.15, -0.1) is 0 Å². The molecule has 1 rings (SSSR count). The number of likely N-dealkylation sites (N-methyl/N-ethyl adjacent to an activating group) is 1. The summed E-state index contributed by atoms with van der Waals surface area (Å²) in [7, 11) is 4.05. The van der Waals surface area contributed by atoms with Crippen LogP contribution in [0.4, 0.5) is 0 Å². The van der Waals surface area contributed by atoms with Crippen molar-refractivity contribution in [3.05, 3.63) is 36.7 Å². The summed E-state index contributed by atoms with van der Waals surface area (Å²) in [6, 6.07) is 0. The van der Waals surface area contributed by atoms with Crippen molar-refractivity contribution >= 4 is 0 Å². The minimum Gasteiger partial charge on any atom is -0.376 e. The van der Waals surface area contributed by atoms with Crippen LogP contribution in [0.2, 0.25) is 0 Å². The highest BCUT2D eigenvalue weighted by Crippen LogP contribution is 2.24. The van der Waals surface area contributed by atoms with Crippen LogP contribution in [0, 0.1) is 5.92 Å². The van der Waals surface area contributed by atoms with Crippen molar-refractivity contribution in [1.82, 2.24) is 9.80 Å². The van der Waals surface area contributed by atoms with Gasteiger partial charge in [-0.05, 0) is 18.4 Å². The van der Waals surface area contributed by atoms with Crippen molar-refractivity contribution in [3.8, 4) is 0 Å². The number of likely N-dealkylation sites (tertiary alicyclic amines) is 1. The predicted octanol–water partition coefficient (Wildman–Crippen LogP) is 3.50. The monoisotopic (exact) mass is 236 g/mol. The molecule has 1 fully saturated rings. The lowest BCUT2D eigenvalue weighted by Gasteiger charge is -2.27. The maximum atomic E-state index is 4.11. The SMILES string of the molecule is C=C/C=C(\C(=C)N(C)C)N1CCC(C)C1.CC. The molecule has 1 aliphatic rings. The molecular weight excluding hydrogens is 208 g/mol. The number of hydrogen-bond donors (Lipinski definition) is 0. The lowest BCUT2D eigenvalue weighted by Crippen LogP contribution is -2.25. The summed E-state index contributed by atoms with van der Waals surface area (Å²) in [6.07, 6.45) is 5.17. The molecule has 1 heterocycles. The van der Waals surface area contributed by atoms with Gasteiger partial charge in [-0.25, -0.2) is 0 Å². The summed E-state index contributed by atoms with van der Waals surface area (Å²) in [5.41, 5.74) is 2.27. The quantitative estimate of drug-likeness (QED) is 0.689. The Labute approximate surface area is 107 Å². The highest BCUT2D eigenvalue weighted by Gasteiger charge is 2.22. The molecule has 0 aliphatic carbocycles. The minimum atomic E-state index is 0.785. The Morgan fingerprint density at radius 3 is 2.29 bits per heavy atom. The summed E-state index contributed by atoms with van der Waals surface area (Å²) in [5, 5.41) is 0. The molecule has 1 saturated heterocycles. The number of hydrogen-bond acceptors (Lipinski definition) is 2. The van der Waals surface area contributed by atoms with Crippen LogP contribution in [0.5, 0.6) is 0 Å². The van der Waals surface area contributed by atoms with E-state index >= 15 is 0 Å².